The Balaban J connectivity index is 1.79. The summed E-state index contributed by atoms with van der Waals surface area (Å²) in [5.74, 6) is 0.128. The molecule has 0 fully saturated rings. The van der Waals surface area contributed by atoms with Crippen LogP contribution in [0.5, 0.6) is 0 Å². The Kier molecular flexibility index (Phi) is 5.48. The number of carbonyl (C=O) groups excluding carboxylic acids is 1. The Labute approximate surface area is 172 Å². The highest BCUT2D eigenvalue weighted by atomic mass is 32.1. The van der Waals surface area contributed by atoms with Gasteiger partial charge in [0.15, 0.2) is 0 Å². The second-order valence-electron chi connectivity index (χ2n) is 6.44. The van der Waals surface area contributed by atoms with Crippen LogP contribution in [-0.4, -0.2) is 27.5 Å². The zero-order valence-electron chi connectivity index (χ0n) is 16.2. The average molecular weight is 404 g/mol. The number of fused-ring (bicyclic) bond motifs is 1. The second-order valence-corrected chi connectivity index (χ2v) is 7.29. The van der Waals surface area contributed by atoms with E-state index in [9.17, 15) is 4.79 Å². The third-order valence-corrected chi connectivity index (χ3v) is 5.23. The highest BCUT2D eigenvalue weighted by Crippen LogP contribution is 2.37. The lowest BCUT2D eigenvalue weighted by molar-refractivity contribution is 0.0512. The maximum absolute atomic E-state index is 12.3. The summed E-state index contributed by atoms with van der Waals surface area (Å²) >= 11 is 1.48. The van der Waals surface area contributed by atoms with Crippen LogP contribution in [0.25, 0.3) is 21.3 Å². The molecule has 0 radical (unpaired) electrons. The van der Waals surface area contributed by atoms with Gasteiger partial charge in [-0.05, 0) is 31.5 Å². The Morgan fingerprint density at radius 2 is 1.90 bits per heavy atom. The molecule has 1 N–H and O–H groups in total. The minimum Gasteiger partial charge on any atom is -0.460 e. The Bertz CT molecular complexity index is 1160. The van der Waals surface area contributed by atoms with Crippen molar-refractivity contribution in [3.63, 3.8) is 0 Å². The summed E-state index contributed by atoms with van der Waals surface area (Å²) in [5, 5.41) is 6.28. The van der Waals surface area contributed by atoms with E-state index >= 15 is 0 Å². The monoisotopic (exact) mass is 404 g/mol. The van der Waals surface area contributed by atoms with Crippen molar-refractivity contribution >= 4 is 33.3 Å². The van der Waals surface area contributed by atoms with Crippen molar-refractivity contribution in [3.05, 3.63) is 71.1 Å². The number of rotatable bonds is 6. The summed E-state index contributed by atoms with van der Waals surface area (Å²) < 4.78 is 5.10. The Hall–Kier alpha value is -3.32. The predicted octanol–water partition coefficient (Wildman–Crippen LogP) is 4.85. The van der Waals surface area contributed by atoms with Gasteiger partial charge in [0.25, 0.3) is 0 Å². The van der Waals surface area contributed by atoms with E-state index in [1.165, 1.54) is 11.3 Å². The number of nitrogens with zero attached hydrogens (tertiary/aromatic N) is 3. The number of hydrogen-bond acceptors (Lipinski definition) is 7. The van der Waals surface area contributed by atoms with Gasteiger partial charge in [-0.3, -0.25) is 4.98 Å². The van der Waals surface area contributed by atoms with Crippen LogP contribution in [0.1, 0.15) is 28.9 Å². The average Bonchev–Trinajstić information content (AvgIpc) is 3.17. The summed E-state index contributed by atoms with van der Waals surface area (Å²) in [6.07, 6.45) is 0. The van der Waals surface area contributed by atoms with Gasteiger partial charge in [-0.25, -0.2) is 14.8 Å². The molecule has 0 saturated heterocycles. The Morgan fingerprint density at radius 1 is 1.07 bits per heavy atom. The molecular weight excluding hydrogens is 384 g/mol. The first-order valence-corrected chi connectivity index (χ1v) is 10.2. The SMILES string of the molecule is CCOC(=O)c1nc(NCc2cccc(C)n2)c2c(-c3ccccc3)csc2n1. The number of aryl methyl sites for hydroxylation is 1. The third-order valence-electron chi connectivity index (χ3n) is 4.36. The number of hydrogen-bond donors (Lipinski definition) is 1. The van der Waals surface area contributed by atoms with E-state index in [0.29, 0.717) is 12.4 Å². The standard InChI is InChI=1S/C22H20N4O2S/c1-3-28-22(27)20-25-19(23-12-16-11-7-8-14(2)24-16)18-17(13-29-21(18)26-20)15-9-5-4-6-10-15/h4-11,13H,3,12H2,1-2H3,(H,23,25,26). The van der Waals surface area contributed by atoms with Crippen LogP contribution < -0.4 is 5.32 Å². The fraction of sp³-hybridized carbons (Fsp3) is 0.182. The number of benzene rings is 1. The number of thiophene rings is 1. The molecule has 0 aliphatic heterocycles. The van der Waals surface area contributed by atoms with Gasteiger partial charge in [-0.2, -0.15) is 0 Å². The summed E-state index contributed by atoms with van der Waals surface area (Å²) in [5.41, 5.74) is 3.94. The van der Waals surface area contributed by atoms with Crippen molar-refractivity contribution in [2.75, 3.05) is 11.9 Å². The predicted molar refractivity (Wildman–Crippen MR) is 115 cm³/mol. The van der Waals surface area contributed by atoms with Crippen LogP contribution in [0.2, 0.25) is 0 Å². The van der Waals surface area contributed by atoms with E-state index in [2.05, 4.69) is 20.3 Å². The molecule has 4 rings (SSSR count). The number of anilines is 1. The van der Waals surface area contributed by atoms with Gasteiger partial charge in [0.2, 0.25) is 5.82 Å². The normalized spacial score (nSPS) is 10.8. The maximum atomic E-state index is 12.3. The molecule has 0 atom stereocenters. The second kappa shape index (κ2) is 8.36. The van der Waals surface area contributed by atoms with Crippen LogP contribution in [-0.2, 0) is 11.3 Å². The largest absolute Gasteiger partial charge is 0.460 e. The number of ether oxygens (including phenoxy) is 1. The summed E-state index contributed by atoms with van der Waals surface area (Å²) in [7, 11) is 0. The fourth-order valence-corrected chi connectivity index (χ4v) is 4.01. The molecule has 0 aliphatic rings. The molecule has 0 unspecified atom stereocenters. The van der Waals surface area contributed by atoms with Gasteiger partial charge in [-0.15, -0.1) is 11.3 Å². The smallest absolute Gasteiger partial charge is 0.376 e. The van der Waals surface area contributed by atoms with Gasteiger partial charge in [0.05, 0.1) is 24.2 Å². The van der Waals surface area contributed by atoms with Crippen molar-refractivity contribution in [3.8, 4) is 11.1 Å². The van der Waals surface area contributed by atoms with Gasteiger partial charge < -0.3 is 10.1 Å². The molecule has 0 amide bonds. The lowest BCUT2D eigenvalue weighted by atomic mass is 10.1. The summed E-state index contributed by atoms with van der Waals surface area (Å²) in [4.78, 5) is 26.5. The van der Waals surface area contributed by atoms with Crippen LogP contribution in [0, 0.1) is 6.92 Å². The van der Waals surface area contributed by atoms with Crippen LogP contribution in [0.15, 0.2) is 53.9 Å². The first-order valence-electron chi connectivity index (χ1n) is 9.34. The summed E-state index contributed by atoms with van der Waals surface area (Å²) in [6.45, 7) is 4.48. The first-order chi connectivity index (χ1) is 14.2. The molecule has 3 aromatic heterocycles. The third kappa shape index (κ3) is 4.09. The van der Waals surface area contributed by atoms with E-state index in [4.69, 9.17) is 4.74 Å². The molecule has 6 nitrogen and oxygen atoms in total. The topological polar surface area (TPSA) is 77.0 Å². The van der Waals surface area contributed by atoms with E-state index in [1.54, 1.807) is 6.92 Å². The number of pyridine rings is 1. The van der Waals surface area contributed by atoms with Crippen molar-refractivity contribution in [1.29, 1.82) is 0 Å². The van der Waals surface area contributed by atoms with Gasteiger partial charge in [0, 0.05) is 16.6 Å². The van der Waals surface area contributed by atoms with Crippen molar-refractivity contribution in [2.45, 2.75) is 20.4 Å². The molecule has 0 bridgehead atoms. The molecule has 0 saturated carbocycles. The lowest BCUT2D eigenvalue weighted by Crippen LogP contribution is -2.12. The van der Waals surface area contributed by atoms with Gasteiger partial charge >= 0.3 is 5.97 Å². The van der Waals surface area contributed by atoms with Crippen molar-refractivity contribution in [2.24, 2.45) is 0 Å². The van der Waals surface area contributed by atoms with Gasteiger partial charge in [0.1, 0.15) is 10.6 Å². The highest BCUT2D eigenvalue weighted by Gasteiger charge is 2.19. The molecule has 29 heavy (non-hydrogen) atoms. The Morgan fingerprint density at radius 3 is 2.66 bits per heavy atom. The molecule has 1 aromatic carbocycles. The minimum absolute atomic E-state index is 0.0560. The van der Waals surface area contributed by atoms with Crippen molar-refractivity contribution < 1.29 is 9.53 Å². The lowest BCUT2D eigenvalue weighted by Gasteiger charge is -2.10. The van der Waals surface area contributed by atoms with E-state index in [-0.39, 0.29) is 12.4 Å². The molecule has 0 aliphatic carbocycles. The molecule has 0 spiro atoms. The number of aromatic nitrogens is 3. The van der Waals surface area contributed by atoms with Crippen LogP contribution in [0.3, 0.4) is 0 Å². The number of carbonyl (C=O) groups is 1. The maximum Gasteiger partial charge on any atom is 0.376 e. The first kappa shape index (κ1) is 19.0. The summed E-state index contributed by atoms with van der Waals surface area (Å²) in [6, 6.07) is 16.0. The minimum atomic E-state index is -0.527. The number of nitrogens with one attached hydrogen (secondary N) is 1. The highest BCUT2D eigenvalue weighted by molar-refractivity contribution is 7.17. The fourth-order valence-electron chi connectivity index (χ4n) is 3.06. The molecule has 7 heteroatoms. The van der Waals surface area contributed by atoms with Crippen LogP contribution >= 0.6 is 11.3 Å². The molecule has 4 aromatic rings. The van der Waals surface area contributed by atoms with Crippen LogP contribution in [0.4, 0.5) is 5.82 Å². The zero-order valence-corrected chi connectivity index (χ0v) is 17.0. The zero-order chi connectivity index (χ0) is 20.2. The van der Waals surface area contributed by atoms with E-state index in [0.717, 1.165) is 32.7 Å². The number of esters is 1. The molecule has 146 valence electrons. The molecule has 3 heterocycles. The molecular formula is C22H20N4O2S. The van der Waals surface area contributed by atoms with Gasteiger partial charge in [-0.1, -0.05) is 36.4 Å². The van der Waals surface area contributed by atoms with E-state index in [1.807, 2.05) is 60.8 Å². The quantitative estimate of drug-likeness (QED) is 0.463. The van der Waals surface area contributed by atoms with Crippen molar-refractivity contribution in [1.82, 2.24) is 15.0 Å². The van der Waals surface area contributed by atoms with E-state index < -0.39 is 5.97 Å².